The highest BCUT2D eigenvalue weighted by Crippen LogP contribution is 2.30. The molecule has 1 saturated heterocycles. The fraction of sp³-hybridized carbons (Fsp3) is 0.320. The summed E-state index contributed by atoms with van der Waals surface area (Å²) < 4.78 is 23.6. The summed E-state index contributed by atoms with van der Waals surface area (Å²) in [5.41, 5.74) is 2.06. The van der Waals surface area contributed by atoms with E-state index in [-0.39, 0.29) is 12.1 Å². The van der Waals surface area contributed by atoms with E-state index >= 15 is 0 Å². The fourth-order valence-electron chi connectivity index (χ4n) is 4.13. The molecule has 0 atom stereocenters. The van der Waals surface area contributed by atoms with Crippen molar-refractivity contribution in [1.82, 2.24) is 19.6 Å². The largest absolute Gasteiger partial charge is 0.493 e. The summed E-state index contributed by atoms with van der Waals surface area (Å²) in [6.07, 6.45) is 0. The van der Waals surface area contributed by atoms with Gasteiger partial charge in [-0.1, -0.05) is 35.5 Å². The lowest BCUT2D eigenvalue weighted by molar-refractivity contribution is 0.0324. The molecule has 2 aromatic carbocycles. The van der Waals surface area contributed by atoms with Gasteiger partial charge in [0.25, 0.3) is 5.56 Å². The Balaban J connectivity index is 1.57. The lowest BCUT2D eigenvalue weighted by Gasteiger charge is -2.27. The van der Waals surface area contributed by atoms with Gasteiger partial charge in [0.05, 0.1) is 51.4 Å². The first kappa shape index (κ1) is 22.1. The van der Waals surface area contributed by atoms with E-state index in [4.69, 9.17) is 23.7 Å². The van der Waals surface area contributed by atoms with Crippen LogP contribution in [-0.4, -0.2) is 60.1 Å². The van der Waals surface area contributed by atoms with Crippen LogP contribution >= 0.6 is 0 Å². The Morgan fingerprint density at radius 2 is 1.71 bits per heavy atom. The second kappa shape index (κ2) is 9.66. The number of hydrogen-bond donors (Lipinski definition) is 0. The smallest absolute Gasteiger partial charge is 0.261 e. The molecule has 1 aliphatic rings. The van der Waals surface area contributed by atoms with Crippen molar-refractivity contribution in [3.63, 3.8) is 0 Å². The first-order chi connectivity index (χ1) is 16.7. The lowest BCUT2D eigenvalue weighted by atomic mass is 10.1. The van der Waals surface area contributed by atoms with Crippen LogP contribution in [0.4, 0.5) is 0 Å². The molecule has 34 heavy (non-hydrogen) atoms. The summed E-state index contributed by atoms with van der Waals surface area (Å²) in [6, 6.07) is 15.1. The molecule has 3 heterocycles. The van der Waals surface area contributed by atoms with Crippen molar-refractivity contribution in [2.24, 2.45) is 0 Å². The predicted molar refractivity (Wildman–Crippen MR) is 126 cm³/mol. The second-order valence-corrected chi connectivity index (χ2v) is 8.08. The topological polar surface area (TPSA) is 91.9 Å². The van der Waals surface area contributed by atoms with Crippen LogP contribution in [0.5, 0.6) is 11.5 Å². The average Bonchev–Trinajstić information content (AvgIpc) is 3.35. The van der Waals surface area contributed by atoms with Gasteiger partial charge in [0.15, 0.2) is 17.3 Å². The molecular weight excluding hydrogens is 436 g/mol. The quantitative estimate of drug-likeness (QED) is 0.414. The molecule has 0 bridgehead atoms. The predicted octanol–water partition coefficient (Wildman–Crippen LogP) is 2.95. The molecule has 0 N–H and O–H groups in total. The number of ether oxygens (including phenoxy) is 3. The molecule has 0 amide bonds. The summed E-state index contributed by atoms with van der Waals surface area (Å²) in [4.78, 5) is 20.7. The number of methoxy groups -OCH3 is 2. The van der Waals surface area contributed by atoms with Gasteiger partial charge >= 0.3 is 0 Å². The minimum absolute atomic E-state index is 0.174. The number of fused-ring (bicyclic) bond motifs is 1. The third kappa shape index (κ3) is 4.40. The SMILES string of the molecule is COc1cc2nc(CN3CCOCC3)n(Cc3cc(-c4ccccc4)no3)c(=O)c2cc1OC. The number of aromatic nitrogens is 3. The Kier molecular flexibility index (Phi) is 6.29. The number of hydrogen-bond acceptors (Lipinski definition) is 8. The molecule has 2 aromatic heterocycles. The molecule has 1 fully saturated rings. The zero-order chi connectivity index (χ0) is 23.5. The third-order valence-electron chi connectivity index (χ3n) is 5.95. The van der Waals surface area contributed by atoms with Gasteiger partial charge in [-0.3, -0.25) is 14.3 Å². The van der Waals surface area contributed by atoms with Crippen molar-refractivity contribution in [1.29, 1.82) is 0 Å². The molecule has 0 saturated carbocycles. The molecular formula is C25H26N4O5. The van der Waals surface area contributed by atoms with Crippen LogP contribution < -0.4 is 15.0 Å². The average molecular weight is 463 g/mol. The van der Waals surface area contributed by atoms with Gasteiger partial charge in [-0.2, -0.15) is 0 Å². The highest BCUT2D eigenvalue weighted by Gasteiger charge is 2.20. The van der Waals surface area contributed by atoms with E-state index in [1.54, 1.807) is 30.9 Å². The number of nitrogens with zero attached hydrogens (tertiary/aromatic N) is 4. The molecule has 0 spiro atoms. The van der Waals surface area contributed by atoms with Crippen LogP contribution in [0.15, 0.2) is 57.8 Å². The number of rotatable bonds is 7. The number of morpholine rings is 1. The van der Waals surface area contributed by atoms with Gasteiger partial charge in [-0.25, -0.2) is 4.98 Å². The van der Waals surface area contributed by atoms with Gasteiger partial charge in [-0.05, 0) is 6.07 Å². The summed E-state index contributed by atoms with van der Waals surface area (Å²) in [7, 11) is 3.11. The molecule has 5 rings (SSSR count). The molecule has 9 heteroatoms. The van der Waals surface area contributed by atoms with E-state index in [0.29, 0.717) is 53.7 Å². The van der Waals surface area contributed by atoms with E-state index in [2.05, 4.69) is 10.1 Å². The van der Waals surface area contributed by atoms with E-state index < -0.39 is 0 Å². The van der Waals surface area contributed by atoms with Crippen LogP contribution in [0.2, 0.25) is 0 Å². The molecule has 176 valence electrons. The maximum Gasteiger partial charge on any atom is 0.261 e. The minimum Gasteiger partial charge on any atom is -0.493 e. The van der Waals surface area contributed by atoms with Crippen molar-refractivity contribution in [2.75, 3.05) is 40.5 Å². The summed E-state index contributed by atoms with van der Waals surface area (Å²) in [5, 5.41) is 4.65. The lowest BCUT2D eigenvalue weighted by Crippen LogP contribution is -2.38. The van der Waals surface area contributed by atoms with E-state index in [9.17, 15) is 4.79 Å². The first-order valence-corrected chi connectivity index (χ1v) is 11.1. The van der Waals surface area contributed by atoms with Crippen LogP contribution in [0, 0.1) is 0 Å². The van der Waals surface area contributed by atoms with Gasteiger partial charge < -0.3 is 18.7 Å². The Bertz CT molecular complexity index is 1340. The zero-order valence-electron chi connectivity index (χ0n) is 19.2. The number of benzene rings is 2. The van der Waals surface area contributed by atoms with Crippen LogP contribution in [0.3, 0.4) is 0 Å². The van der Waals surface area contributed by atoms with E-state index in [0.717, 1.165) is 24.3 Å². The summed E-state index contributed by atoms with van der Waals surface area (Å²) in [5.74, 6) is 2.22. The third-order valence-corrected chi connectivity index (χ3v) is 5.95. The van der Waals surface area contributed by atoms with Crippen molar-refractivity contribution in [3.8, 4) is 22.8 Å². The van der Waals surface area contributed by atoms with Crippen LogP contribution in [0.1, 0.15) is 11.6 Å². The molecule has 0 unspecified atom stereocenters. The Labute approximate surface area is 196 Å². The Hall–Kier alpha value is -3.69. The molecule has 9 nitrogen and oxygen atoms in total. The van der Waals surface area contributed by atoms with Crippen molar-refractivity contribution in [3.05, 3.63) is 70.5 Å². The highest BCUT2D eigenvalue weighted by molar-refractivity contribution is 5.82. The molecule has 4 aromatic rings. The van der Waals surface area contributed by atoms with Crippen molar-refractivity contribution >= 4 is 10.9 Å². The monoisotopic (exact) mass is 462 g/mol. The Morgan fingerprint density at radius 1 is 0.971 bits per heavy atom. The summed E-state index contributed by atoms with van der Waals surface area (Å²) >= 11 is 0. The summed E-state index contributed by atoms with van der Waals surface area (Å²) in [6.45, 7) is 3.61. The molecule has 0 radical (unpaired) electrons. The van der Waals surface area contributed by atoms with Gasteiger partial charge in [0, 0.05) is 30.8 Å². The zero-order valence-corrected chi connectivity index (χ0v) is 19.2. The maximum absolute atomic E-state index is 13.7. The van der Waals surface area contributed by atoms with E-state index in [1.807, 2.05) is 36.4 Å². The minimum atomic E-state index is -0.174. The molecule has 1 aliphatic heterocycles. The first-order valence-electron chi connectivity index (χ1n) is 11.1. The normalized spacial score (nSPS) is 14.4. The maximum atomic E-state index is 13.7. The fourth-order valence-corrected chi connectivity index (χ4v) is 4.13. The second-order valence-electron chi connectivity index (χ2n) is 8.08. The van der Waals surface area contributed by atoms with Crippen molar-refractivity contribution < 1.29 is 18.7 Å². The van der Waals surface area contributed by atoms with Gasteiger partial charge in [-0.15, -0.1) is 0 Å². The van der Waals surface area contributed by atoms with Gasteiger partial charge in [0.2, 0.25) is 0 Å². The van der Waals surface area contributed by atoms with Crippen LogP contribution in [-0.2, 0) is 17.8 Å². The Morgan fingerprint density at radius 3 is 2.44 bits per heavy atom. The van der Waals surface area contributed by atoms with E-state index in [1.165, 1.54) is 0 Å². The van der Waals surface area contributed by atoms with Crippen molar-refractivity contribution in [2.45, 2.75) is 13.1 Å². The standard InChI is InChI=1S/C25H26N4O5/c1-31-22-13-19-21(14-23(22)32-2)26-24(16-28-8-10-33-11-9-28)29(25(19)30)15-18-12-20(27-34-18)17-6-4-3-5-7-17/h3-7,12-14H,8-11,15-16H2,1-2H3. The van der Waals surface area contributed by atoms with Gasteiger partial charge in [0.1, 0.15) is 11.5 Å². The molecule has 0 aliphatic carbocycles. The van der Waals surface area contributed by atoms with Crippen LogP contribution in [0.25, 0.3) is 22.2 Å². The highest BCUT2D eigenvalue weighted by atomic mass is 16.5.